The van der Waals surface area contributed by atoms with E-state index >= 15 is 0 Å². The summed E-state index contributed by atoms with van der Waals surface area (Å²) >= 11 is 0. The second-order valence-electron chi connectivity index (χ2n) is 10.5. The summed E-state index contributed by atoms with van der Waals surface area (Å²) in [5.41, 5.74) is 7.77. The van der Waals surface area contributed by atoms with Gasteiger partial charge in [0.05, 0.1) is 23.3 Å². The fraction of sp³-hybridized carbons (Fsp3) is 0.212. The Morgan fingerprint density at radius 2 is 1.14 bits per heavy atom. The lowest BCUT2D eigenvalue weighted by Gasteiger charge is -2.46. The summed E-state index contributed by atoms with van der Waals surface area (Å²) < 4.78 is 0. The molecule has 2 heteroatoms. The Bertz CT molecular complexity index is 1480. The molecule has 0 radical (unpaired) electrons. The van der Waals surface area contributed by atoms with Gasteiger partial charge in [-0.3, -0.25) is 0 Å². The van der Waals surface area contributed by atoms with Crippen molar-refractivity contribution in [3.63, 3.8) is 0 Å². The third-order valence-electron chi connectivity index (χ3n) is 8.59. The summed E-state index contributed by atoms with van der Waals surface area (Å²) in [6.07, 6.45) is 0. The van der Waals surface area contributed by atoms with Crippen LogP contribution in [0.1, 0.15) is 70.5 Å². The minimum absolute atomic E-state index is 0.0447. The Morgan fingerprint density at radius 3 is 1.74 bits per heavy atom. The molecule has 35 heavy (non-hydrogen) atoms. The second-order valence-corrected chi connectivity index (χ2v) is 10.5. The van der Waals surface area contributed by atoms with Crippen LogP contribution < -0.4 is 0 Å². The van der Waals surface area contributed by atoms with E-state index in [0.717, 1.165) is 0 Å². The first-order chi connectivity index (χ1) is 17.0. The summed E-state index contributed by atoms with van der Waals surface area (Å²) in [5.74, 6) is 0.754. The van der Waals surface area contributed by atoms with E-state index in [4.69, 9.17) is 0 Å². The number of fused-ring (bicyclic) bond motifs is 5. The largest absolute Gasteiger partial charge is 0.192 e. The molecule has 6 rings (SSSR count). The molecule has 4 atom stereocenters. The molecule has 0 N–H and O–H groups in total. The molecule has 2 aliphatic carbocycles. The highest BCUT2D eigenvalue weighted by atomic mass is 14.7. The van der Waals surface area contributed by atoms with E-state index in [-0.39, 0.29) is 22.7 Å². The lowest BCUT2D eigenvalue weighted by Crippen LogP contribution is -2.39. The van der Waals surface area contributed by atoms with Gasteiger partial charge in [0.2, 0.25) is 0 Å². The molecule has 0 aliphatic heterocycles. The molecule has 2 nitrogen and oxygen atoms in total. The zero-order valence-corrected chi connectivity index (χ0v) is 19.9. The van der Waals surface area contributed by atoms with Gasteiger partial charge in [0.15, 0.2) is 0 Å². The first kappa shape index (κ1) is 21.4. The van der Waals surface area contributed by atoms with Gasteiger partial charge in [0.1, 0.15) is 0 Å². The van der Waals surface area contributed by atoms with Crippen molar-refractivity contribution in [3.05, 3.63) is 142 Å². The molecular weight excluding hydrogens is 424 g/mol. The maximum Gasteiger partial charge on any atom is 0.0991 e. The maximum atomic E-state index is 9.42. The van der Waals surface area contributed by atoms with Gasteiger partial charge in [-0.25, -0.2) is 0 Å². The average Bonchev–Trinajstić information content (AvgIpc) is 3.33. The van der Waals surface area contributed by atoms with E-state index in [1.807, 2.05) is 24.3 Å². The summed E-state index contributed by atoms with van der Waals surface area (Å²) in [6.45, 7) is 4.83. The Balaban J connectivity index is 1.71. The number of hydrogen-bond acceptors (Lipinski definition) is 2. The van der Waals surface area contributed by atoms with Gasteiger partial charge in [-0.1, -0.05) is 92.7 Å². The number of nitriles is 2. The van der Waals surface area contributed by atoms with Gasteiger partial charge in [-0.05, 0) is 63.4 Å². The highest BCUT2D eigenvalue weighted by Crippen LogP contribution is 2.78. The minimum atomic E-state index is -0.270. The third-order valence-corrected chi connectivity index (χ3v) is 8.59. The molecule has 0 heterocycles. The third kappa shape index (κ3) is 2.81. The van der Waals surface area contributed by atoms with E-state index in [1.165, 1.54) is 27.8 Å². The van der Waals surface area contributed by atoms with Crippen molar-refractivity contribution < 1.29 is 0 Å². The summed E-state index contributed by atoms with van der Waals surface area (Å²) in [7, 11) is 0. The Labute approximate surface area is 207 Å². The molecule has 0 spiro atoms. The van der Waals surface area contributed by atoms with Crippen molar-refractivity contribution in [1.82, 2.24) is 0 Å². The van der Waals surface area contributed by atoms with Crippen LogP contribution in [0, 0.1) is 28.1 Å². The van der Waals surface area contributed by atoms with Crippen LogP contribution in [-0.2, 0) is 5.41 Å². The molecule has 1 fully saturated rings. The standard InChI is InChI=1S/C33H26N2/c1-32(2)30-27-10-6-7-11-28(27)33(26-8-4-3-5-9-26,29(30)24-16-12-22(20-34)13-17-24)31(32)25-18-14-23(21-35)15-19-25/h3-19,29-31H,1-2H3/t29-,30-,31+,33+/m0/s1. The molecule has 168 valence electrons. The van der Waals surface area contributed by atoms with Gasteiger partial charge in [0, 0.05) is 17.3 Å². The average molecular weight is 451 g/mol. The van der Waals surface area contributed by atoms with Crippen molar-refractivity contribution >= 4 is 0 Å². The lowest BCUT2D eigenvalue weighted by atomic mass is 9.56. The van der Waals surface area contributed by atoms with Crippen molar-refractivity contribution in [2.45, 2.75) is 37.0 Å². The highest BCUT2D eigenvalue weighted by molar-refractivity contribution is 5.65. The Kier molecular flexibility index (Phi) is 4.70. The zero-order chi connectivity index (χ0) is 24.2. The number of nitrogens with zero attached hydrogens (tertiary/aromatic N) is 2. The van der Waals surface area contributed by atoms with Crippen LogP contribution in [0.5, 0.6) is 0 Å². The van der Waals surface area contributed by atoms with Gasteiger partial charge in [0.25, 0.3) is 0 Å². The number of rotatable bonds is 3. The monoisotopic (exact) mass is 450 g/mol. The normalized spacial score (nSPS) is 25.4. The van der Waals surface area contributed by atoms with Crippen LogP contribution in [0.4, 0.5) is 0 Å². The topological polar surface area (TPSA) is 47.6 Å². The Morgan fingerprint density at radius 1 is 0.600 bits per heavy atom. The van der Waals surface area contributed by atoms with Crippen molar-refractivity contribution in [2.24, 2.45) is 5.41 Å². The van der Waals surface area contributed by atoms with Crippen molar-refractivity contribution in [1.29, 1.82) is 10.5 Å². The van der Waals surface area contributed by atoms with Crippen LogP contribution in [-0.4, -0.2) is 0 Å². The van der Waals surface area contributed by atoms with Crippen LogP contribution in [0.25, 0.3) is 0 Å². The Hall–Kier alpha value is -4.14. The molecule has 0 amide bonds. The predicted molar refractivity (Wildman–Crippen MR) is 138 cm³/mol. The molecular formula is C33H26N2. The van der Waals surface area contributed by atoms with Crippen molar-refractivity contribution in [3.8, 4) is 12.1 Å². The molecule has 0 unspecified atom stereocenters. The maximum absolute atomic E-state index is 9.42. The number of benzene rings is 4. The molecule has 1 saturated carbocycles. The van der Waals surface area contributed by atoms with Crippen LogP contribution in [0.2, 0.25) is 0 Å². The van der Waals surface area contributed by atoms with E-state index in [9.17, 15) is 10.5 Å². The molecule has 2 bridgehead atoms. The summed E-state index contributed by atoms with van der Waals surface area (Å²) in [6, 6.07) is 41.0. The zero-order valence-electron chi connectivity index (χ0n) is 19.9. The van der Waals surface area contributed by atoms with Crippen LogP contribution in [0.15, 0.2) is 103 Å². The second kappa shape index (κ2) is 7.69. The quantitative estimate of drug-likeness (QED) is 0.326. The lowest BCUT2D eigenvalue weighted by molar-refractivity contribution is 0.252. The predicted octanol–water partition coefficient (Wildman–Crippen LogP) is 7.42. The van der Waals surface area contributed by atoms with Crippen LogP contribution in [0.3, 0.4) is 0 Å². The van der Waals surface area contributed by atoms with E-state index in [2.05, 4.69) is 105 Å². The van der Waals surface area contributed by atoms with Crippen molar-refractivity contribution in [2.75, 3.05) is 0 Å². The first-order valence-corrected chi connectivity index (χ1v) is 12.2. The van der Waals surface area contributed by atoms with Gasteiger partial charge in [-0.2, -0.15) is 10.5 Å². The summed E-state index contributed by atoms with van der Waals surface area (Å²) in [4.78, 5) is 0. The summed E-state index contributed by atoms with van der Waals surface area (Å²) in [5, 5.41) is 18.8. The molecule has 0 aromatic heterocycles. The van der Waals surface area contributed by atoms with Gasteiger partial charge in [-0.15, -0.1) is 0 Å². The number of hydrogen-bond donors (Lipinski definition) is 0. The smallest absolute Gasteiger partial charge is 0.0991 e. The minimum Gasteiger partial charge on any atom is -0.192 e. The van der Waals surface area contributed by atoms with E-state index in [1.54, 1.807) is 0 Å². The molecule has 2 aliphatic rings. The van der Waals surface area contributed by atoms with E-state index in [0.29, 0.717) is 17.0 Å². The fourth-order valence-electron chi connectivity index (χ4n) is 7.57. The van der Waals surface area contributed by atoms with E-state index < -0.39 is 0 Å². The highest BCUT2D eigenvalue weighted by Gasteiger charge is 2.70. The SMILES string of the molecule is CC1(C)[C@@H](c2ccc(C#N)cc2)[C@]2(c3ccccc3)c3ccccc3[C@H]1[C@@H]2c1ccc(C#N)cc1. The fourth-order valence-corrected chi connectivity index (χ4v) is 7.57. The molecule has 0 saturated heterocycles. The van der Waals surface area contributed by atoms with Crippen LogP contribution >= 0.6 is 0 Å². The van der Waals surface area contributed by atoms with Gasteiger partial charge >= 0.3 is 0 Å². The van der Waals surface area contributed by atoms with Gasteiger partial charge < -0.3 is 0 Å². The first-order valence-electron chi connectivity index (χ1n) is 12.2. The molecule has 4 aromatic carbocycles. The molecule has 4 aromatic rings.